The fourth-order valence-corrected chi connectivity index (χ4v) is 8.73. The standard InChI is InChI=1S/C28H36N4O2/c1-27-12-10-21-19(6-9-24-28(21,2)13-11-26(34)32(24)3)20(27)7-4-17(27)14-25-30-22-8-5-18(29-16-33)15-23(22)31-25/h5,8,11,13,15-17,19-21,24H,4,6-7,9-10,12,14H2,1-3H3,(H,29,33)(H,30,31)/t17?,19-,20-,21+,24?,27+,28+/m0/s1. The zero-order valence-corrected chi connectivity index (χ0v) is 20.5. The van der Waals surface area contributed by atoms with E-state index in [9.17, 15) is 9.59 Å². The number of aromatic amines is 1. The van der Waals surface area contributed by atoms with E-state index in [1.807, 2.05) is 36.2 Å². The van der Waals surface area contributed by atoms with Crippen molar-refractivity contribution in [2.24, 2.45) is 34.5 Å². The Morgan fingerprint density at radius 1 is 1.18 bits per heavy atom. The molecule has 3 fully saturated rings. The van der Waals surface area contributed by atoms with Crippen LogP contribution in [-0.2, 0) is 16.0 Å². The molecule has 6 nitrogen and oxygen atoms in total. The summed E-state index contributed by atoms with van der Waals surface area (Å²) in [6, 6.07) is 6.20. The maximum Gasteiger partial charge on any atom is 0.246 e. The molecule has 1 aliphatic heterocycles. The lowest BCUT2D eigenvalue weighted by Gasteiger charge is -2.60. The highest BCUT2D eigenvalue weighted by Gasteiger charge is 2.60. The Balaban J connectivity index is 1.23. The molecule has 2 unspecified atom stereocenters. The van der Waals surface area contributed by atoms with E-state index < -0.39 is 0 Å². The number of imidazole rings is 1. The molecule has 2 N–H and O–H groups in total. The Bertz CT molecular complexity index is 1170. The summed E-state index contributed by atoms with van der Waals surface area (Å²) < 4.78 is 0. The summed E-state index contributed by atoms with van der Waals surface area (Å²) in [5, 5.41) is 2.72. The van der Waals surface area contributed by atoms with Crippen molar-refractivity contribution in [3.05, 3.63) is 36.2 Å². The predicted molar refractivity (Wildman–Crippen MR) is 133 cm³/mol. The summed E-state index contributed by atoms with van der Waals surface area (Å²) in [5.41, 5.74) is 3.19. The number of anilines is 1. The van der Waals surface area contributed by atoms with Crippen LogP contribution in [-0.4, -0.2) is 40.3 Å². The van der Waals surface area contributed by atoms with Crippen LogP contribution in [0.2, 0.25) is 0 Å². The number of nitrogens with zero attached hydrogens (tertiary/aromatic N) is 2. The van der Waals surface area contributed by atoms with Crippen LogP contribution >= 0.6 is 0 Å². The van der Waals surface area contributed by atoms with E-state index in [0.29, 0.717) is 29.7 Å². The summed E-state index contributed by atoms with van der Waals surface area (Å²) in [4.78, 5) is 33.6. The van der Waals surface area contributed by atoms with Gasteiger partial charge in [0.15, 0.2) is 0 Å². The fraction of sp³-hybridized carbons (Fsp3) is 0.607. The second-order valence-corrected chi connectivity index (χ2v) is 11.8. The second kappa shape index (κ2) is 7.69. The largest absolute Gasteiger partial charge is 0.342 e. The van der Waals surface area contributed by atoms with E-state index >= 15 is 0 Å². The second-order valence-electron chi connectivity index (χ2n) is 11.8. The average Bonchev–Trinajstić information content (AvgIpc) is 3.37. The van der Waals surface area contributed by atoms with Gasteiger partial charge < -0.3 is 15.2 Å². The molecular formula is C28H36N4O2. The fourth-order valence-electron chi connectivity index (χ4n) is 8.73. The monoisotopic (exact) mass is 460 g/mol. The molecule has 0 radical (unpaired) electrons. The van der Waals surface area contributed by atoms with Crippen molar-refractivity contribution < 1.29 is 9.59 Å². The first-order chi connectivity index (χ1) is 16.3. The van der Waals surface area contributed by atoms with Gasteiger partial charge in [-0.3, -0.25) is 9.59 Å². The van der Waals surface area contributed by atoms with Gasteiger partial charge in [-0.1, -0.05) is 19.9 Å². The Labute approximate surface area is 201 Å². The van der Waals surface area contributed by atoms with Crippen LogP contribution in [0.25, 0.3) is 11.0 Å². The Morgan fingerprint density at radius 2 is 2.03 bits per heavy atom. The number of nitrogens with one attached hydrogen (secondary N) is 2. The smallest absolute Gasteiger partial charge is 0.246 e. The van der Waals surface area contributed by atoms with Gasteiger partial charge in [0, 0.05) is 30.6 Å². The van der Waals surface area contributed by atoms with Crippen LogP contribution in [0.3, 0.4) is 0 Å². The van der Waals surface area contributed by atoms with Crippen LogP contribution in [0.15, 0.2) is 30.4 Å². The molecule has 7 atom stereocenters. The van der Waals surface area contributed by atoms with Crippen molar-refractivity contribution >= 4 is 29.0 Å². The molecule has 0 spiro atoms. The molecule has 0 bridgehead atoms. The van der Waals surface area contributed by atoms with Crippen LogP contribution < -0.4 is 5.32 Å². The minimum absolute atomic E-state index is 0.108. The minimum atomic E-state index is 0.108. The molecule has 6 heteroatoms. The SMILES string of the molecule is CN1C(=O)C=C[C@@]2(C)C1CC[C@@H]1[C@H]2CC[C@]2(C)C(Cc3nc4cc(NC=O)ccc4[nH]3)CC[C@@H]12. The van der Waals surface area contributed by atoms with Crippen molar-refractivity contribution in [2.45, 2.75) is 64.8 Å². The van der Waals surface area contributed by atoms with E-state index in [0.717, 1.165) is 47.2 Å². The van der Waals surface area contributed by atoms with E-state index in [1.165, 1.54) is 32.1 Å². The molecule has 3 aliphatic carbocycles. The van der Waals surface area contributed by atoms with Gasteiger partial charge in [0.25, 0.3) is 0 Å². The van der Waals surface area contributed by atoms with Gasteiger partial charge in [-0.2, -0.15) is 0 Å². The van der Waals surface area contributed by atoms with Crippen molar-refractivity contribution in [3.63, 3.8) is 0 Å². The topological polar surface area (TPSA) is 78.1 Å². The zero-order chi connectivity index (χ0) is 23.7. The van der Waals surface area contributed by atoms with Crippen LogP contribution in [0.5, 0.6) is 0 Å². The Hall–Kier alpha value is -2.63. The summed E-state index contributed by atoms with van der Waals surface area (Å²) in [7, 11) is 2.00. The average molecular weight is 461 g/mol. The first-order valence-electron chi connectivity index (χ1n) is 13.0. The lowest BCUT2D eigenvalue weighted by atomic mass is 9.47. The Morgan fingerprint density at radius 3 is 2.85 bits per heavy atom. The van der Waals surface area contributed by atoms with Crippen LogP contribution in [0, 0.1) is 34.5 Å². The molecular weight excluding hydrogens is 424 g/mol. The van der Waals surface area contributed by atoms with Crippen molar-refractivity contribution in [1.29, 1.82) is 0 Å². The summed E-state index contributed by atoms with van der Waals surface area (Å²) in [5.74, 6) is 4.07. The number of likely N-dealkylation sites (N-methyl/N-ethyl adjacent to an activating group) is 1. The number of amides is 2. The van der Waals surface area contributed by atoms with Crippen molar-refractivity contribution in [1.82, 2.24) is 14.9 Å². The van der Waals surface area contributed by atoms with Gasteiger partial charge in [-0.25, -0.2) is 4.98 Å². The minimum Gasteiger partial charge on any atom is -0.342 e. The molecule has 2 heterocycles. The lowest BCUT2D eigenvalue weighted by Crippen LogP contribution is -2.59. The zero-order valence-electron chi connectivity index (χ0n) is 20.5. The van der Waals surface area contributed by atoms with Crippen molar-refractivity contribution in [2.75, 3.05) is 12.4 Å². The maximum absolute atomic E-state index is 12.3. The summed E-state index contributed by atoms with van der Waals surface area (Å²) >= 11 is 0. The number of hydrogen-bond donors (Lipinski definition) is 2. The number of H-pyrrole nitrogens is 1. The van der Waals surface area contributed by atoms with E-state index in [4.69, 9.17) is 4.98 Å². The van der Waals surface area contributed by atoms with Gasteiger partial charge in [-0.15, -0.1) is 0 Å². The third kappa shape index (κ3) is 3.10. The number of carbonyl (C=O) groups excluding carboxylic acids is 2. The predicted octanol–water partition coefficient (Wildman–Crippen LogP) is 4.93. The first kappa shape index (κ1) is 21.9. The third-order valence-corrected chi connectivity index (χ3v) is 10.5. The van der Waals surface area contributed by atoms with Gasteiger partial charge in [-0.05, 0) is 91.9 Å². The molecule has 2 aromatic rings. The first-order valence-corrected chi connectivity index (χ1v) is 13.0. The number of carbonyl (C=O) groups is 2. The normalized spacial score (nSPS) is 39.0. The molecule has 3 saturated carbocycles. The molecule has 1 aromatic carbocycles. The number of rotatable bonds is 4. The quantitative estimate of drug-likeness (QED) is 0.635. The molecule has 6 rings (SSSR count). The van der Waals surface area contributed by atoms with E-state index in [2.05, 4.69) is 30.2 Å². The van der Waals surface area contributed by atoms with Gasteiger partial charge in [0.1, 0.15) is 5.82 Å². The number of fused-ring (bicyclic) bond motifs is 6. The van der Waals surface area contributed by atoms with Crippen LogP contribution in [0.4, 0.5) is 5.69 Å². The van der Waals surface area contributed by atoms with Gasteiger partial charge in [0.2, 0.25) is 12.3 Å². The third-order valence-electron chi connectivity index (χ3n) is 10.5. The number of aromatic nitrogens is 2. The maximum atomic E-state index is 12.3. The van der Waals surface area contributed by atoms with Gasteiger partial charge in [0.05, 0.1) is 11.0 Å². The van der Waals surface area contributed by atoms with E-state index in [1.54, 1.807) is 0 Å². The Kier molecular flexibility index (Phi) is 4.95. The highest BCUT2D eigenvalue weighted by atomic mass is 16.2. The van der Waals surface area contributed by atoms with E-state index in [-0.39, 0.29) is 11.3 Å². The molecule has 2 amide bonds. The van der Waals surface area contributed by atoms with Gasteiger partial charge >= 0.3 is 0 Å². The molecule has 34 heavy (non-hydrogen) atoms. The molecule has 4 aliphatic rings. The lowest BCUT2D eigenvalue weighted by molar-refractivity contribution is -0.138. The molecule has 1 aromatic heterocycles. The van der Waals surface area contributed by atoms with Crippen molar-refractivity contribution in [3.8, 4) is 0 Å². The highest BCUT2D eigenvalue weighted by Crippen LogP contribution is 2.65. The van der Waals surface area contributed by atoms with Crippen LogP contribution in [0.1, 0.15) is 58.2 Å². The molecule has 0 saturated heterocycles. The molecule has 180 valence electrons. The summed E-state index contributed by atoms with van der Waals surface area (Å²) in [6.45, 7) is 4.98. The number of hydrogen-bond acceptors (Lipinski definition) is 3. The summed E-state index contributed by atoms with van der Waals surface area (Å²) in [6.07, 6.45) is 13.3. The number of benzene rings is 1. The highest BCUT2D eigenvalue weighted by molar-refractivity contribution is 5.89.